The van der Waals surface area contributed by atoms with Crippen molar-refractivity contribution in [2.45, 2.75) is 6.92 Å². The van der Waals surface area contributed by atoms with Crippen LogP contribution in [0.3, 0.4) is 0 Å². The SMILES string of the molecule is Cc1nn(C)c2ncc(NC(=O)c3ccc(F)cc3F)cc12. The third-order valence-electron chi connectivity index (χ3n) is 3.30. The summed E-state index contributed by atoms with van der Waals surface area (Å²) in [7, 11) is 1.77. The topological polar surface area (TPSA) is 59.8 Å². The molecule has 0 spiro atoms. The van der Waals surface area contributed by atoms with Gasteiger partial charge in [0.1, 0.15) is 11.6 Å². The molecule has 0 aliphatic heterocycles. The number of carbonyl (C=O) groups is 1. The zero-order chi connectivity index (χ0) is 15.9. The van der Waals surface area contributed by atoms with Gasteiger partial charge in [-0.25, -0.2) is 13.8 Å². The Morgan fingerprint density at radius 2 is 2.05 bits per heavy atom. The lowest BCUT2D eigenvalue weighted by Gasteiger charge is -2.06. The van der Waals surface area contributed by atoms with Crippen LogP contribution in [-0.2, 0) is 7.05 Å². The molecule has 1 aromatic carbocycles. The van der Waals surface area contributed by atoms with Crippen LogP contribution < -0.4 is 5.32 Å². The van der Waals surface area contributed by atoms with Crippen LogP contribution in [0.2, 0.25) is 0 Å². The first-order chi connectivity index (χ1) is 10.5. The highest BCUT2D eigenvalue weighted by Crippen LogP contribution is 2.20. The summed E-state index contributed by atoms with van der Waals surface area (Å²) in [6.07, 6.45) is 1.46. The van der Waals surface area contributed by atoms with E-state index in [9.17, 15) is 13.6 Å². The highest BCUT2D eigenvalue weighted by atomic mass is 19.1. The molecule has 0 aliphatic carbocycles. The number of pyridine rings is 1. The van der Waals surface area contributed by atoms with Crippen LogP contribution in [0.4, 0.5) is 14.5 Å². The summed E-state index contributed by atoms with van der Waals surface area (Å²) < 4.78 is 28.1. The highest BCUT2D eigenvalue weighted by molar-refractivity contribution is 6.05. The van der Waals surface area contributed by atoms with Crippen molar-refractivity contribution in [1.82, 2.24) is 14.8 Å². The van der Waals surface area contributed by atoms with Crippen LogP contribution in [-0.4, -0.2) is 20.7 Å². The molecule has 0 unspecified atom stereocenters. The number of halogens is 2. The van der Waals surface area contributed by atoms with Gasteiger partial charge in [0.2, 0.25) is 0 Å². The Labute approximate surface area is 124 Å². The lowest BCUT2D eigenvalue weighted by molar-refractivity contribution is 0.102. The van der Waals surface area contributed by atoms with Gasteiger partial charge in [0.25, 0.3) is 5.91 Å². The summed E-state index contributed by atoms with van der Waals surface area (Å²) in [5, 5.41) is 7.57. The fourth-order valence-corrected chi connectivity index (χ4v) is 2.25. The first-order valence-electron chi connectivity index (χ1n) is 6.51. The Hall–Kier alpha value is -2.83. The van der Waals surface area contributed by atoms with Gasteiger partial charge in [-0.2, -0.15) is 5.10 Å². The van der Waals surface area contributed by atoms with E-state index in [1.807, 2.05) is 6.92 Å². The van der Waals surface area contributed by atoms with Gasteiger partial charge in [0.05, 0.1) is 23.1 Å². The van der Waals surface area contributed by atoms with Gasteiger partial charge in [0, 0.05) is 18.5 Å². The number of fused-ring (bicyclic) bond motifs is 1. The summed E-state index contributed by atoms with van der Waals surface area (Å²) in [6, 6.07) is 4.51. The van der Waals surface area contributed by atoms with E-state index in [-0.39, 0.29) is 5.56 Å². The smallest absolute Gasteiger partial charge is 0.258 e. The van der Waals surface area contributed by atoms with Crippen molar-refractivity contribution in [3.05, 3.63) is 53.4 Å². The molecule has 5 nitrogen and oxygen atoms in total. The number of anilines is 1. The van der Waals surface area contributed by atoms with Crippen molar-refractivity contribution in [2.75, 3.05) is 5.32 Å². The van der Waals surface area contributed by atoms with E-state index in [1.54, 1.807) is 17.8 Å². The Bertz CT molecular complexity index is 889. The van der Waals surface area contributed by atoms with Crippen molar-refractivity contribution < 1.29 is 13.6 Å². The zero-order valence-electron chi connectivity index (χ0n) is 11.9. The molecule has 0 saturated carbocycles. The summed E-state index contributed by atoms with van der Waals surface area (Å²) in [6.45, 7) is 1.83. The average molecular weight is 302 g/mol. The highest BCUT2D eigenvalue weighted by Gasteiger charge is 2.14. The quantitative estimate of drug-likeness (QED) is 0.792. The number of aromatic nitrogens is 3. The summed E-state index contributed by atoms with van der Waals surface area (Å²) in [5.41, 5.74) is 1.64. The number of nitrogens with zero attached hydrogens (tertiary/aromatic N) is 3. The van der Waals surface area contributed by atoms with Crippen LogP contribution >= 0.6 is 0 Å². The maximum Gasteiger partial charge on any atom is 0.258 e. The molecule has 0 saturated heterocycles. The predicted octanol–water partition coefficient (Wildman–Crippen LogP) is 2.81. The summed E-state index contributed by atoms with van der Waals surface area (Å²) in [5.74, 6) is -2.31. The second kappa shape index (κ2) is 5.18. The second-order valence-electron chi connectivity index (χ2n) is 4.88. The van der Waals surface area contributed by atoms with E-state index in [1.165, 1.54) is 6.20 Å². The first kappa shape index (κ1) is 14.1. The molecule has 1 amide bonds. The van der Waals surface area contributed by atoms with Crippen LogP contribution in [0, 0.1) is 18.6 Å². The molecular formula is C15H12F2N4O. The van der Waals surface area contributed by atoms with Gasteiger partial charge in [-0.05, 0) is 25.1 Å². The zero-order valence-corrected chi connectivity index (χ0v) is 11.9. The molecule has 0 fully saturated rings. The second-order valence-corrected chi connectivity index (χ2v) is 4.88. The van der Waals surface area contributed by atoms with E-state index >= 15 is 0 Å². The summed E-state index contributed by atoms with van der Waals surface area (Å²) >= 11 is 0. The molecule has 0 aliphatic rings. The average Bonchev–Trinajstić information content (AvgIpc) is 2.73. The Morgan fingerprint density at radius 1 is 1.27 bits per heavy atom. The van der Waals surface area contributed by atoms with Gasteiger partial charge < -0.3 is 5.32 Å². The van der Waals surface area contributed by atoms with Crippen LogP contribution in [0.1, 0.15) is 16.1 Å². The fourth-order valence-electron chi connectivity index (χ4n) is 2.25. The third-order valence-corrected chi connectivity index (χ3v) is 3.30. The Balaban J connectivity index is 1.92. The third kappa shape index (κ3) is 2.41. The number of aryl methyl sites for hydroxylation is 2. The van der Waals surface area contributed by atoms with Crippen molar-refractivity contribution >= 4 is 22.6 Å². The minimum Gasteiger partial charge on any atom is -0.320 e. The van der Waals surface area contributed by atoms with E-state index in [0.29, 0.717) is 17.4 Å². The number of rotatable bonds is 2. The number of hydrogen-bond acceptors (Lipinski definition) is 3. The number of nitrogens with one attached hydrogen (secondary N) is 1. The van der Waals surface area contributed by atoms with Gasteiger partial charge in [-0.3, -0.25) is 9.48 Å². The molecule has 112 valence electrons. The standard InChI is InChI=1S/C15H12F2N4O/c1-8-12-6-10(7-18-14(12)21(2)20-8)19-15(22)11-4-3-9(16)5-13(11)17/h3-7H,1-2H3,(H,19,22). The molecule has 2 heterocycles. The largest absolute Gasteiger partial charge is 0.320 e. The molecule has 3 aromatic rings. The fraction of sp³-hybridized carbons (Fsp3) is 0.133. The van der Waals surface area contributed by atoms with Crippen molar-refractivity contribution in [2.24, 2.45) is 7.05 Å². The molecule has 2 aromatic heterocycles. The molecule has 0 bridgehead atoms. The van der Waals surface area contributed by atoms with Gasteiger partial charge in [0.15, 0.2) is 5.65 Å². The molecule has 7 heteroatoms. The number of hydrogen-bond donors (Lipinski definition) is 1. The molecule has 1 N–H and O–H groups in total. The minimum atomic E-state index is -0.913. The maximum atomic E-state index is 13.6. The lowest BCUT2D eigenvalue weighted by atomic mass is 10.2. The summed E-state index contributed by atoms with van der Waals surface area (Å²) in [4.78, 5) is 16.3. The van der Waals surface area contributed by atoms with Gasteiger partial charge in [-0.1, -0.05) is 0 Å². The Morgan fingerprint density at radius 3 is 2.77 bits per heavy atom. The van der Waals surface area contributed by atoms with Gasteiger partial charge in [-0.15, -0.1) is 0 Å². The molecule has 3 rings (SSSR count). The maximum absolute atomic E-state index is 13.6. The van der Waals surface area contributed by atoms with Crippen LogP contribution in [0.25, 0.3) is 11.0 Å². The van der Waals surface area contributed by atoms with Crippen LogP contribution in [0.15, 0.2) is 30.5 Å². The van der Waals surface area contributed by atoms with Gasteiger partial charge >= 0.3 is 0 Å². The van der Waals surface area contributed by atoms with E-state index < -0.39 is 17.5 Å². The number of carbonyl (C=O) groups excluding carboxylic acids is 1. The van der Waals surface area contributed by atoms with Crippen LogP contribution in [0.5, 0.6) is 0 Å². The normalized spacial score (nSPS) is 10.9. The molecular weight excluding hydrogens is 290 g/mol. The molecule has 22 heavy (non-hydrogen) atoms. The lowest BCUT2D eigenvalue weighted by Crippen LogP contribution is -2.14. The van der Waals surface area contributed by atoms with Crippen molar-refractivity contribution in [3.63, 3.8) is 0 Å². The number of benzene rings is 1. The van der Waals surface area contributed by atoms with Crippen molar-refractivity contribution in [3.8, 4) is 0 Å². The first-order valence-corrected chi connectivity index (χ1v) is 6.51. The monoisotopic (exact) mass is 302 g/mol. The van der Waals surface area contributed by atoms with E-state index in [4.69, 9.17) is 0 Å². The van der Waals surface area contributed by atoms with E-state index in [0.717, 1.165) is 23.2 Å². The number of amides is 1. The minimum absolute atomic E-state index is 0.232. The van der Waals surface area contributed by atoms with Crippen molar-refractivity contribution in [1.29, 1.82) is 0 Å². The predicted molar refractivity (Wildman–Crippen MR) is 77.6 cm³/mol. The molecule has 0 radical (unpaired) electrons. The Kier molecular flexibility index (Phi) is 3.32. The van der Waals surface area contributed by atoms with E-state index in [2.05, 4.69) is 15.4 Å². The molecule has 0 atom stereocenters.